The third-order valence-corrected chi connectivity index (χ3v) is 5.43. The summed E-state index contributed by atoms with van der Waals surface area (Å²) in [5.74, 6) is -0.344. The molecule has 0 aliphatic rings. The Hall–Kier alpha value is -3.85. The molecule has 9 heteroatoms. The number of hydrogen-bond donors (Lipinski definition) is 2. The predicted octanol–water partition coefficient (Wildman–Crippen LogP) is 3.22. The lowest BCUT2D eigenvalue weighted by Crippen LogP contribution is -2.35. The minimum Gasteiger partial charge on any atom is -0.354 e. The van der Waals surface area contributed by atoms with Crippen LogP contribution in [0.1, 0.15) is 16.2 Å². The smallest absolute Gasteiger partial charge is 0.291 e. The summed E-state index contributed by atoms with van der Waals surface area (Å²) in [5, 5.41) is 11.8. The molecule has 2 aromatic carbocycles. The molecule has 0 fully saturated rings. The summed E-state index contributed by atoms with van der Waals surface area (Å²) in [6.45, 7) is 0.477. The van der Waals surface area contributed by atoms with Gasteiger partial charge in [-0.25, -0.2) is 14.1 Å². The Bertz CT molecular complexity index is 1190. The van der Waals surface area contributed by atoms with Gasteiger partial charge >= 0.3 is 0 Å². The zero-order valence-corrected chi connectivity index (χ0v) is 17.8. The van der Waals surface area contributed by atoms with Crippen LogP contribution in [-0.2, 0) is 11.2 Å². The molecule has 0 aliphatic carbocycles. The normalized spacial score (nSPS) is 10.7. The van der Waals surface area contributed by atoms with Crippen LogP contribution in [0.4, 0.5) is 4.39 Å². The molecule has 7 nitrogen and oxygen atoms in total. The van der Waals surface area contributed by atoms with Crippen LogP contribution < -0.4 is 10.6 Å². The highest BCUT2D eigenvalue weighted by Gasteiger charge is 2.19. The molecule has 0 atom stereocenters. The fourth-order valence-corrected chi connectivity index (χ4v) is 3.73. The van der Waals surface area contributed by atoms with Crippen molar-refractivity contribution in [2.75, 3.05) is 13.1 Å². The first kappa shape index (κ1) is 21.4. The first-order chi connectivity index (χ1) is 15.6. The van der Waals surface area contributed by atoms with Crippen molar-refractivity contribution in [1.82, 2.24) is 25.4 Å². The number of rotatable bonds is 8. The molecule has 0 aliphatic heterocycles. The van der Waals surface area contributed by atoms with E-state index in [9.17, 15) is 14.0 Å². The summed E-state index contributed by atoms with van der Waals surface area (Å²) in [4.78, 5) is 29.9. The molecule has 0 radical (unpaired) electrons. The van der Waals surface area contributed by atoms with Crippen LogP contribution in [-0.4, -0.2) is 39.7 Å². The highest BCUT2D eigenvalue weighted by atomic mass is 32.1. The minimum absolute atomic E-state index is 0.0508. The van der Waals surface area contributed by atoms with Gasteiger partial charge in [-0.05, 0) is 41.3 Å². The van der Waals surface area contributed by atoms with Crippen molar-refractivity contribution in [3.63, 3.8) is 0 Å². The average Bonchev–Trinajstić information content (AvgIpc) is 3.49. The molecule has 32 heavy (non-hydrogen) atoms. The highest BCUT2D eigenvalue weighted by molar-refractivity contribution is 7.13. The Morgan fingerprint density at radius 1 is 0.938 bits per heavy atom. The van der Waals surface area contributed by atoms with Crippen molar-refractivity contribution in [2.45, 2.75) is 6.42 Å². The minimum atomic E-state index is -0.426. The predicted molar refractivity (Wildman–Crippen MR) is 120 cm³/mol. The zero-order valence-electron chi connectivity index (χ0n) is 17.0. The maximum atomic E-state index is 12.9. The van der Waals surface area contributed by atoms with Crippen LogP contribution in [0.15, 0.2) is 72.1 Å². The summed E-state index contributed by atoms with van der Waals surface area (Å²) in [5.41, 5.74) is 1.51. The lowest BCUT2D eigenvalue weighted by Gasteiger charge is -2.06. The lowest BCUT2D eigenvalue weighted by atomic mass is 10.1. The molecule has 2 amide bonds. The largest absolute Gasteiger partial charge is 0.354 e. The first-order valence-corrected chi connectivity index (χ1v) is 10.8. The van der Waals surface area contributed by atoms with E-state index in [1.165, 1.54) is 23.5 Å². The topological polar surface area (TPSA) is 88.9 Å². The molecule has 4 rings (SSSR count). The second-order valence-electron chi connectivity index (χ2n) is 6.89. The number of benzene rings is 2. The van der Waals surface area contributed by atoms with Crippen molar-refractivity contribution in [3.05, 3.63) is 89.3 Å². The number of nitrogens with one attached hydrogen (secondary N) is 2. The maximum Gasteiger partial charge on any atom is 0.291 e. The third kappa shape index (κ3) is 5.25. The van der Waals surface area contributed by atoms with Gasteiger partial charge in [0.05, 0.1) is 17.0 Å². The average molecular weight is 450 g/mol. The number of hydrogen-bond acceptors (Lipinski definition) is 5. The second-order valence-corrected chi connectivity index (χ2v) is 7.84. The summed E-state index contributed by atoms with van der Waals surface area (Å²) in [7, 11) is 0. The number of halogens is 1. The van der Waals surface area contributed by atoms with Gasteiger partial charge in [0.25, 0.3) is 5.91 Å². The number of para-hydroxylation sites is 1. The van der Waals surface area contributed by atoms with E-state index in [2.05, 4.69) is 20.7 Å². The molecular weight excluding hydrogens is 429 g/mol. The lowest BCUT2D eigenvalue weighted by molar-refractivity contribution is -0.120. The van der Waals surface area contributed by atoms with E-state index in [-0.39, 0.29) is 37.1 Å². The number of thiophene rings is 1. The highest BCUT2D eigenvalue weighted by Crippen LogP contribution is 2.25. The summed E-state index contributed by atoms with van der Waals surface area (Å²) in [6, 6.07) is 19.1. The van der Waals surface area contributed by atoms with E-state index in [1.807, 2.05) is 47.8 Å². The summed E-state index contributed by atoms with van der Waals surface area (Å²) >= 11 is 1.51. The molecule has 2 aromatic heterocycles. The van der Waals surface area contributed by atoms with E-state index < -0.39 is 5.91 Å². The van der Waals surface area contributed by atoms with E-state index in [0.717, 1.165) is 10.6 Å². The number of aromatic nitrogens is 3. The molecule has 0 spiro atoms. The van der Waals surface area contributed by atoms with Gasteiger partial charge in [0, 0.05) is 13.1 Å². The fourth-order valence-electron chi connectivity index (χ4n) is 3.03. The Morgan fingerprint density at radius 3 is 2.41 bits per heavy atom. The van der Waals surface area contributed by atoms with E-state index in [4.69, 9.17) is 0 Å². The van der Waals surface area contributed by atoms with Crippen LogP contribution in [0.25, 0.3) is 16.4 Å². The Morgan fingerprint density at radius 2 is 1.69 bits per heavy atom. The van der Waals surface area contributed by atoms with Crippen molar-refractivity contribution < 1.29 is 14.0 Å². The number of carbonyl (C=O) groups is 2. The van der Waals surface area contributed by atoms with E-state index >= 15 is 0 Å². The van der Waals surface area contributed by atoms with E-state index in [1.54, 1.807) is 16.8 Å². The Kier molecular flexibility index (Phi) is 6.66. The van der Waals surface area contributed by atoms with Crippen molar-refractivity contribution in [2.24, 2.45) is 0 Å². The van der Waals surface area contributed by atoms with Gasteiger partial charge in [-0.2, -0.15) is 0 Å². The quantitative estimate of drug-likeness (QED) is 0.404. The van der Waals surface area contributed by atoms with Crippen molar-refractivity contribution in [3.8, 4) is 16.4 Å². The van der Waals surface area contributed by atoms with Gasteiger partial charge < -0.3 is 10.6 Å². The van der Waals surface area contributed by atoms with Gasteiger partial charge in [0.15, 0.2) is 5.82 Å². The molecule has 2 heterocycles. The molecule has 0 unspecified atom stereocenters. The molecule has 4 aromatic rings. The Labute approximate surface area is 187 Å². The van der Waals surface area contributed by atoms with Crippen molar-refractivity contribution in [1.29, 1.82) is 0 Å². The SMILES string of the molecule is O=C(Cc1ccc(F)cc1)NCCNC(=O)c1nc(-c2cccs2)n(-c2ccccc2)n1. The Balaban J connectivity index is 1.35. The van der Waals surface area contributed by atoms with Crippen LogP contribution in [0, 0.1) is 5.82 Å². The molecule has 0 saturated heterocycles. The number of amides is 2. The fraction of sp³-hybridized carbons (Fsp3) is 0.130. The maximum absolute atomic E-state index is 12.9. The molecule has 2 N–H and O–H groups in total. The standard InChI is InChI=1S/C23H20FN5O2S/c24-17-10-8-16(9-11-17)15-20(30)25-12-13-26-23(31)21-27-22(19-7-4-14-32-19)29(28-21)18-5-2-1-3-6-18/h1-11,14H,12-13,15H2,(H,25,30)(H,26,31). The van der Waals surface area contributed by atoms with Crippen LogP contribution in [0.3, 0.4) is 0 Å². The molecule has 0 saturated carbocycles. The van der Waals surface area contributed by atoms with Crippen LogP contribution in [0.5, 0.6) is 0 Å². The van der Waals surface area contributed by atoms with Crippen LogP contribution in [0.2, 0.25) is 0 Å². The third-order valence-electron chi connectivity index (χ3n) is 4.56. The summed E-state index contributed by atoms with van der Waals surface area (Å²) < 4.78 is 14.6. The number of nitrogens with zero attached hydrogens (tertiary/aromatic N) is 3. The van der Waals surface area contributed by atoms with Gasteiger partial charge in [0.1, 0.15) is 5.82 Å². The molecule has 0 bridgehead atoms. The van der Waals surface area contributed by atoms with Gasteiger partial charge in [-0.1, -0.05) is 36.4 Å². The van der Waals surface area contributed by atoms with Gasteiger partial charge in [0.2, 0.25) is 11.7 Å². The second kappa shape index (κ2) is 9.97. The molecule has 162 valence electrons. The number of carbonyl (C=O) groups excluding carboxylic acids is 2. The van der Waals surface area contributed by atoms with Crippen molar-refractivity contribution >= 4 is 23.2 Å². The van der Waals surface area contributed by atoms with Gasteiger partial charge in [-0.3, -0.25) is 9.59 Å². The molecular formula is C23H20FN5O2S. The summed E-state index contributed by atoms with van der Waals surface area (Å²) in [6.07, 6.45) is 0.140. The van der Waals surface area contributed by atoms with Gasteiger partial charge in [-0.15, -0.1) is 16.4 Å². The zero-order chi connectivity index (χ0) is 22.3. The van der Waals surface area contributed by atoms with Crippen LogP contribution >= 0.6 is 11.3 Å². The first-order valence-electron chi connectivity index (χ1n) is 9.96. The van der Waals surface area contributed by atoms with E-state index in [0.29, 0.717) is 11.4 Å². The monoisotopic (exact) mass is 449 g/mol.